The molecule has 1 aromatic heterocycles. The third-order valence-corrected chi connectivity index (χ3v) is 5.19. The second-order valence-electron chi connectivity index (χ2n) is 8.13. The van der Waals surface area contributed by atoms with Crippen LogP contribution in [-0.2, 0) is 6.42 Å². The van der Waals surface area contributed by atoms with Crippen LogP contribution in [0.5, 0.6) is 11.5 Å². The van der Waals surface area contributed by atoms with E-state index in [1.165, 1.54) is 0 Å². The smallest absolute Gasteiger partial charge is 0.268 e. The number of aromatic nitrogens is 1. The van der Waals surface area contributed by atoms with E-state index in [0.29, 0.717) is 42.3 Å². The van der Waals surface area contributed by atoms with Gasteiger partial charge in [-0.1, -0.05) is 26.0 Å². The molecule has 0 spiro atoms. The van der Waals surface area contributed by atoms with Crippen LogP contribution >= 0.6 is 0 Å². The number of para-hydroxylation sites is 2. The average Bonchev–Trinajstić information content (AvgIpc) is 2.94. The fraction of sp³-hybridized carbons (Fsp3) is 0.429. The minimum atomic E-state index is -0.255. The van der Waals surface area contributed by atoms with Gasteiger partial charge in [0.05, 0.1) is 6.54 Å². The highest BCUT2D eigenvalue weighted by Gasteiger charge is 2.35. The molecule has 2 heterocycles. The van der Waals surface area contributed by atoms with E-state index in [9.17, 15) is 9.59 Å². The van der Waals surface area contributed by atoms with Crippen LogP contribution in [0.1, 0.15) is 52.4 Å². The lowest BCUT2D eigenvalue weighted by atomic mass is 9.75. The van der Waals surface area contributed by atoms with Gasteiger partial charge in [0.15, 0.2) is 17.3 Å². The summed E-state index contributed by atoms with van der Waals surface area (Å²) in [6.45, 7) is 6.68. The summed E-state index contributed by atoms with van der Waals surface area (Å²) in [4.78, 5) is 28.4. The Morgan fingerprint density at radius 1 is 1.26 bits per heavy atom. The first-order valence-corrected chi connectivity index (χ1v) is 9.25. The van der Waals surface area contributed by atoms with Crippen molar-refractivity contribution in [3.8, 4) is 11.5 Å². The zero-order chi connectivity index (χ0) is 19.2. The number of benzene rings is 1. The molecule has 2 N–H and O–H groups in total. The van der Waals surface area contributed by atoms with Crippen LogP contribution in [0.15, 0.2) is 24.3 Å². The van der Waals surface area contributed by atoms with Gasteiger partial charge in [0.25, 0.3) is 5.91 Å². The number of nitrogens with one attached hydrogen (secondary N) is 2. The summed E-state index contributed by atoms with van der Waals surface area (Å²) >= 11 is 0. The maximum Gasteiger partial charge on any atom is 0.268 e. The summed E-state index contributed by atoms with van der Waals surface area (Å²) in [5, 5.41) is 2.90. The highest BCUT2D eigenvalue weighted by Crippen LogP contribution is 2.36. The van der Waals surface area contributed by atoms with Gasteiger partial charge in [0, 0.05) is 17.7 Å². The molecule has 1 unspecified atom stereocenters. The molecular weight excluding hydrogens is 344 g/mol. The van der Waals surface area contributed by atoms with Gasteiger partial charge in [-0.2, -0.15) is 0 Å². The number of H-pyrrole nitrogens is 1. The van der Waals surface area contributed by atoms with E-state index in [-0.39, 0.29) is 23.2 Å². The summed E-state index contributed by atoms with van der Waals surface area (Å²) < 4.78 is 11.5. The van der Waals surface area contributed by atoms with Gasteiger partial charge >= 0.3 is 0 Å². The maximum atomic E-state index is 12.7. The summed E-state index contributed by atoms with van der Waals surface area (Å²) in [6, 6.07) is 7.48. The quantitative estimate of drug-likeness (QED) is 0.873. The van der Waals surface area contributed by atoms with E-state index in [1.54, 1.807) is 0 Å². The average molecular weight is 368 g/mol. The molecule has 4 rings (SSSR count). The monoisotopic (exact) mass is 368 g/mol. The summed E-state index contributed by atoms with van der Waals surface area (Å²) in [7, 11) is 0. The molecule has 0 bridgehead atoms. The summed E-state index contributed by atoms with van der Waals surface area (Å²) in [5.41, 5.74) is 2.66. The molecule has 1 aliphatic heterocycles. The predicted molar refractivity (Wildman–Crippen MR) is 101 cm³/mol. The van der Waals surface area contributed by atoms with Crippen molar-refractivity contribution in [3.05, 3.63) is 46.8 Å². The predicted octanol–water partition coefficient (Wildman–Crippen LogP) is 3.05. The highest BCUT2D eigenvalue weighted by atomic mass is 16.6. The molecule has 0 saturated heterocycles. The van der Waals surface area contributed by atoms with Gasteiger partial charge < -0.3 is 19.8 Å². The SMILES string of the molecule is Cc1c(C(=O)NCC2COc3ccccc3O2)[nH]c2c1C(=O)CC(C)(C)C2. The molecule has 6 heteroatoms. The van der Waals surface area contributed by atoms with Gasteiger partial charge in [-0.05, 0) is 36.5 Å². The third-order valence-electron chi connectivity index (χ3n) is 5.19. The lowest BCUT2D eigenvalue weighted by Crippen LogP contribution is -2.41. The standard InChI is InChI=1S/C21H24N2O4/c1-12-18-14(8-21(2,3)9-15(18)24)23-19(12)20(25)22-10-13-11-26-16-6-4-5-7-17(16)27-13/h4-7,13,23H,8-11H2,1-3H3,(H,22,25). The molecule has 1 atom stereocenters. The van der Waals surface area contributed by atoms with Crippen LogP contribution in [0.25, 0.3) is 0 Å². The molecular formula is C21H24N2O4. The minimum absolute atomic E-state index is 0.0875. The van der Waals surface area contributed by atoms with Crippen molar-refractivity contribution in [3.63, 3.8) is 0 Å². The molecule has 0 radical (unpaired) electrons. The largest absolute Gasteiger partial charge is 0.486 e. The number of carbonyl (C=O) groups is 2. The molecule has 1 amide bonds. The van der Waals surface area contributed by atoms with E-state index in [2.05, 4.69) is 24.1 Å². The van der Waals surface area contributed by atoms with Gasteiger partial charge in [0.1, 0.15) is 18.4 Å². The number of carbonyl (C=O) groups excluding carboxylic acids is 2. The first-order chi connectivity index (χ1) is 12.8. The number of hydrogen-bond acceptors (Lipinski definition) is 4. The second-order valence-corrected chi connectivity index (χ2v) is 8.13. The van der Waals surface area contributed by atoms with Crippen molar-refractivity contribution < 1.29 is 19.1 Å². The summed E-state index contributed by atoms with van der Waals surface area (Å²) in [6.07, 6.45) is 1.01. The molecule has 1 aromatic carbocycles. The van der Waals surface area contributed by atoms with Crippen molar-refractivity contribution in [1.82, 2.24) is 10.3 Å². The Kier molecular flexibility index (Phi) is 4.21. The second kappa shape index (κ2) is 6.44. The topological polar surface area (TPSA) is 80.4 Å². The maximum absolute atomic E-state index is 12.7. The molecule has 2 aromatic rings. The molecule has 6 nitrogen and oxygen atoms in total. The molecule has 2 aliphatic rings. The number of amides is 1. The summed E-state index contributed by atoms with van der Waals surface area (Å²) in [5.74, 6) is 1.28. The number of ether oxygens (including phenoxy) is 2. The first kappa shape index (κ1) is 17.6. The number of aromatic amines is 1. The van der Waals surface area contributed by atoms with E-state index in [1.807, 2.05) is 31.2 Å². The van der Waals surface area contributed by atoms with Gasteiger partial charge in [-0.25, -0.2) is 0 Å². The van der Waals surface area contributed by atoms with Gasteiger partial charge in [-0.3, -0.25) is 9.59 Å². The van der Waals surface area contributed by atoms with E-state index >= 15 is 0 Å². The van der Waals surface area contributed by atoms with E-state index in [4.69, 9.17) is 9.47 Å². The Bertz CT molecular complexity index is 913. The fourth-order valence-electron chi connectivity index (χ4n) is 3.92. The minimum Gasteiger partial charge on any atom is -0.486 e. The van der Waals surface area contributed by atoms with E-state index < -0.39 is 0 Å². The van der Waals surface area contributed by atoms with Gasteiger partial charge in [0.2, 0.25) is 0 Å². The van der Waals surface area contributed by atoms with Crippen molar-refractivity contribution in [2.24, 2.45) is 5.41 Å². The Morgan fingerprint density at radius 2 is 2.00 bits per heavy atom. The molecule has 142 valence electrons. The van der Waals surface area contributed by atoms with Crippen LogP contribution in [-0.4, -0.2) is 35.9 Å². The number of Topliss-reactive ketones (excluding diaryl/α,β-unsaturated/α-hetero) is 1. The Morgan fingerprint density at radius 3 is 2.78 bits per heavy atom. The van der Waals surface area contributed by atoms with Crippen molar-refractivity contribution in [2.45, 2.75) is 39.7 Å². The third kappa shape index (κ3) is 3.31. The molecule has 0 fully saturated rings. The Balaban J connectivity index is 1.45. The van der Waals surface area contributed by atoms with Crippen LogP contribution in [0, 0.1) is 12.3 Å². The fourth-order valence-corrected chi connectivity index (χ4v) is 3.92. The first-order valence-electron chi connectivity index (χ1n) is 9.25. The molecule has 1 aliphatic carbocycles. The number of fused-ring (bicyclic) bond motifs is 2. The molecule has 27 heavy (non-hydrogen) atoms. The lowest BCUT2D eigenvalue weighted by molar-refractivity contribution is 0.0786. The van der Waals surface area contributed by atoms with Crippen LogP contribution in [0.4, 0.5) is 0 Å². The zero-order valence-corrected chi connectivity index (χ0v) is 15.8. The number of rotatable bonds is 3. The van der Waals surface area contributed by atoms with Crippen molar-refractivity contribution in [2.75, 3.05) is 13.2 Å². The van der Waals surface area contributed by atoms with Crippen LogP contribution in [0.3, 0.4) is 0 Å². The Hall–Kier alpha value is -2.76. The van der Waals surface area contributed by atoms with E-state index in [0.717, 1.165) is 17.7 Å². The number of hydrogen-bond donors (Lipinski definition) is 2. The van der Waals surface area contributed by atoms with Crippen molar-refractivity contribution in [1.29, 1.82) is 0 Å². The Labute approximate surface area is 158 Å². The molecule has 0 saturated carbocycles. The highest BCUT2D eigenvalue weighted by molar-refractivity contribution is 6.04. The van der Waals surface area contributed by atoms with Crippen molar-refractivity contribution >= 4 is 11.7 Å². The normalized spacial score (nSPS) is 20.1. The van der Waals surface area contributed by atoms with Gasteiger partial charge in [-0.15, -0.1) is 0 Å². The zero-order valence-electron chi connectivity index (χ0n) is 15.8. The number of ketones is 1. The van der Waals surface area contributed by atoms with Crippen LogP contribution < -0.4 is 14.8 Å². The lowest BCUT2D eigenvalue weighted by Gasteiger charge is -2.28. The van der Waals surface area contributed by atoms with Crippen LogP contribution in [0.2, 0.25) is 0 Å².